The summed E-state index contributed by atoms with van der Waals surface area (Å²) in [5, 5.41) is 0. The largest absolute Gasteiger partial charge is 0.367 e. The number of hydrogen-bond acceptors (Lipinski definition) is 2. The number of Topliss-reactive ketones (excluding diaryl/α,β-unsaturated/α-hetero) is 1. The van der Waals surface area contributed by atoms with Crippen LogP contribution in [0.5, 0.6) is 0 Å². The van der Waals surface area contributed by atoms with Crippen LogP contribution in [0.2, 0.25) is 0 Å². The summed E-state index contributed by atoms with van der Waals surface area (Å²) < 4.78 is 0. The monoisotopic (exact) mass is 267 g/mol. The molecule has 0 amide bonds. The molecule has 0 radical (unpaired) electrons. The van der Waals surface area contributed by atoms with Crippen molar-refractivity contribution in [3.8, 4) is 0 Å². The Balaban J connectivity index is 2.15. The van der Waals surface area contributed by atoms with E-state index in [-0.39, 0.29) is 5.78 Å². The van der Waals surface area contributed by atoms with Gasteiger partial charge in [-0.2, -0.15) is 0 Å². The summed E-state index contributed by atoms with van der Waals surface area (Å²) in [6.07, 6.45) is 0. The van der Waals surface area contributed by atoms with Gasteiger partial charge in [0.05, 0.1) is 6.54 Å². The van der Waals surface area contributed by atoms with Crippen molar-refractivity contribution in [3.63, 3.8) is 0 Å². The van der Waals surface area contributed by atoms with Crippen molar-refractivity contribution in [2.24, 2.45) is 0 Å². The van der Waals surface area contributed by atoms with Crippen LogP contribution in [-0.2, 0) is 0 Å². The maximum atomic E-state index is 12.3. The second-order valence-electron chi connectivity index (χ2n) is 5.49. The lowest BCUT2D eigenvalue weighted by molar-refractivity contribution is 0.100. The van der Waals surface area contributed by atoms with E-state index in [9.17, 15) is 4.79 Å². The van der Waals surface area contributed by atoms with Crippen LogP contribution in [-0.4, -0.2) is 19.4 Å². The summed E-state index contributed by atoms with van der Waals surface area (Å²) >= 11 is 0. The van der Waals surface area contributed by atoms with Gasteiger partial charge in [-0.25, -0.2) is 0 Å². The summed E-state index contributed by atoms with van der Waals surface area (Å²) in [5.41, 5.74) is 5.42. The smallest absolute Gasteiger partial charge is 0.182 e. The zero-order chi connectivity index (χ0) is 14.7. The van der Waals surface area contributed by atoms with Gasteiger partial charge in [-0.05, 0) is 50.1 Å². The number of carbonyl (C=O) groups is 1. The molecule has 20 heavy (non-hydrogen) atoms. The summed E-state index contributed by atoms with van der Waals surface area (Å²) in [4.78, 5) is 14.3. The van der Waals surface area contributed by atoms with Crippen LogP contribution < -0.4 is 4.90 Å². The SMILES string of the molecule is Cc1cccc(C(=O)CN(C)c2cc(C)cc(C)c2)c1. The van der Waals surface area contributed by atoms with Gasteiger partial charge in [0.1, 0.15) is 0 Å². The van der Waals surface area contributed by atoms with E-state index in [1.807, 2.05) is 43.1 Å². The molecule has 0 saturated carbocycles. The third-order valence-corrected chi connectivity index (χ3v) is 3.37. The molecule has 0 aliphatic carbocycles. The van der Waals surface area contributed by atoms with Crippen molar-refractivity contribution in [3.05, 3.63) is 64.7 Å². The highest BCUT2D eigenvalue weighted by Crippen LogP contribution is 2.18. The molecule has 104 valence electrons. The lowest BCUT2D eigenvalue weighted by atomic mass is 10.1. The number of rotatable bonds is 4. The molecule has 0 unspecified atom stereocenters. The second-order valence-corrected chi connectivity index (χ2v) is 5.49. The molecule has 0 aliphatic heterocycles. The molecule has 0 bridgehead atoms. The summed E-state index contributed by atoms with van der Waals surface area (Å²) in [6, 6.07) is 14.1. The van der Waals surface area contributed by atoms with Crippen LogP contribution in [0.4, 0.5) is 5.69 Å². The minimum atomic E-state index is 0.148. The topological polar surface area (TPSA) is 20.3 Å². The standard InChI is InChI=1S/C18H21NO/c1-13-6-5-7-16(9-13)18(20)12-19(4)17-10-14(2)8-15(3)11-17/h5-11H,12H2,1-4H3. The van der Waals surface area contributed by atoms with Gasteiger partial charge in [0, 0.05) is 18.3 Å². The Morgan fingerprint density at radius 2 is 1.60 bits per heavy atom. The summed E-state index contributed by atoms with van der Waals surface area (Å²) in [6.45, 7) is 6.55. The van der Waals surface area contributed by atoms with Crippen molar-refractivity contribution in [2.75, 3.05) is 18.5 Å². The van der Waals surface area contributed by atoms with Crippen molar-refractivity contribution in [2.45, 2.75) is 20.8 Å². The van der Waals surface area contributed by atoms with E-state index in [2.05, 4.69) is 32.0 Å². The highest BCUT2D eigenvalue weighted by atomic mass is 16.1. The third kappa shape index (κ3) is 3.47. The van der Waals surface area contributed by atoms with Gasteiger partial charge in [0.25, 0.3) is 0 Å². The van der Waals surface area contributed by atoms with Gasteiger partial charge in [-0.3, -0.25) is 4.79 Å². The summed E-state index contributed by atoms with van der Waals surface area (Å²) in [7, 11) is 1.96. The van der Waals surface area contributed by atoms with Crippen LogP contribution >= 0.6 is 0 Å². The molecule has 0 fully saturated rings. The number of nitrogens with zero attached hydrogens (tertiary/aromatic N) is 1. The van der Waals surface area contributed by atoms with E-state index in [0.717, 1.165) is 16.8 Å². The number of likely N-dealkylation sites (N-methyl/N-ethyl adjacent to an activating group) is 1. The average Bonchev–Trinajstić information content (AvgIpc) is 2.37. The normalized spacial score (nSPS) is 10.4. The van der Waals surface area contributed by atoms with Crippen molar-refractivity contribution < 1.29 is 4.79 Å². The first kappa shape index (κ1) is 14.3. The molecule has 2 aromatic carbocycles. The first-order valence-electron chi connectivity index (χ1n) is 6.85. The number of anilines is 1. The molecule has 0 aliphatic rings. The van der Waals surface area contributed by atoms with Crippen molar-refractivity contribution in [1.29, 1.82) is 0 Å². The van der Waals surface area contributed by atoms with Crippen LogP contribution in [0.15, 0.2) is 42.5 Å². The van der Waals surface area contributed by atoms with Crippen LogP contribution in [0.3, 0.4) is 0 Å². The Morgan fingerprint density at radius 3 is 2.20 bits per heavy atom. The van der Waals surface area contributed by atoms with E-state index in [0.29, 0.717) is 6.54 Å². The van der Waals surface area contributed by atoms with Gasteiger partial charge in [-0.15, -0.1) is 0 Å². The van der Waals surface area contributed by atoms with E-state index < -0.39 is 0 Å². The van der Waals surface area contributed by atoms with E-state index in [1.165, 1.54) is 11.1 Å². The zero-order valence-electron chi connectivity index (χ0n) is 12.6. The Bertz CT molecular complexity index is 611. The Hall–Kier alpha value is -2.09. The average molecular weight is 267 g/mol. The second kappa shape index (κ2) is 5.91. The van der Waals surface area contributed by atoms with Crippen LogP contribution in [0, 0.1) is 20.8 Å². The predicted octanol–water partition coefficient (Wildman–Crippen LogP) is 3.93. The number of benzene rings is 2. The lowest BCUT2D eigenvalue weighted by Crippen LogP contribution is -2.25. The fraction of sp³-hybridized carbons (Fsp3) is 0.278. The van der Waals surface area contributed by atoms with Crippen molar-refractivity contribution in [1.82, 2.24) is 0 Å². The quantitative estimate of drug-likeness (QED) is 0.782. The van der Waals surface area contributed by atoms with Gasteiger partial charge in [0.2, 0.25) is 0 Å². The van der Waals surface area contributed by atoms with Gasteiger partial charge >= 0.3 is 0 Å². The molecule has 2 heteroatoms. The molecule has 0 atom stereocenters. The molecule has 0 heterocycles. The number of aryl methyl sites for hydroxylation is 3. The molecule has 0 aromatic heterocycles. The van der Waals surface area contributed by atoms with Crippen molar-refractivity contribution >= 4 is 11.5 Å². The maximum absolute atomic E-state index is 12.3. The fourth-order valence-electron chi connectivity index (χ4n) is 2.39. The van der Waals surface area contributed by atoms with E-state index >= 15 is 0 Å². The maximum Gasteiger partial charge on any atom is 0.182 e. The Morgan fingerprint density at radius 1 is 0.950 bits per heavy atom. The first-order valence-corrected chi connectivity index (χ1v) is 6.85. The fourth-order valence-corrected chi connectivity index (χ4v) is 2.39. The molecular weight excluding hydrogens is 246 g/mol. The minimum Gasteiger partial charge on any atom is -0.367 e. The van der Waals surface area contributed by atoms with E-state index in [4.69, 9.17) is 0 Å². The molecule has 2 aromatic rings. The molecule has 0 N–H and O–H groups in total. The first-order chi connectivity index (χ1) is 9.45. The minimum absolute atomic E-state index is 0.148. The molecule has 0 spiro atoms. The number of hydrogen-bond donors (Lipinski definition) is 0. The zero-order valence-corrected chi connectivity index (χ0v) is 12.6. The highest BCUT2D eigenvalue weighted by Gasteiger charge is 2.10. The number of carbonyl (C=O) groups excluding carboxylic acids is 1. The number of ketones is 1. The Kier molecular flexibility index (Phi) is 4.23. The van der Waals surface area contributed by atoms with E-state index in [1.54, 1.807) is 0 Å². The molecular formula is C18H21NO. The van der Waals surface area contributed by atoms with Crippen LogP contribution in [0.25, 0.3) is 0 Å². The molecule has 0 saturated heterocycles. The van der Waals surface area contributed by atoms with Gasteiger partial charge < -0.3 is 4.90 Å². The molecule has 2 nitrogen and oxygen atoms in total. The Labute approximate surface area is 121 Å². The summed E-state index contributed by atoms with van der Waals surface area (Å²) in [5.74, 6) is 0.148. The van der Waals surface area contributed by atoms with Crippen LogP contribution in [0.1, 0.15) is 27.0 Å². The molecule has 2 rings (SSSR count). The highest BCUT2D eigenvalue weighted by molar-refractivity contribution is 5.99. The van der Waals surface area contributed by atoms with Gasteiger partial charge in [0.15, 0.2) is 5.78 Å². The third-order valence-electron chi connectivity index (χ3n) is 3.37. The predicted molar refractivity (Wildman–Crippen MR) is 84.7 cm³/mol. The lowest BCUT2D eigenvalue weighted by Gasteiger charge is -2.19. The van der Waals surface area contributed by atoms with Gasteiger partial charge in [-0.1, -0.05) is 29.8 Å².